The number of amides is 1. The molecule has 0 saturated heterocycles. The first-order valence-electron chi connectivity index (χ1n) is 4.92. The number of anilines is 2. The summed E-state index contributed by atoms with van der Waals surface area (Å²) in [6.07, 6.45) is 0. The Morgan fingerprint density at radius 2 is 2.12 bits per heavy atom. The van der Waals surface area contributed by atoms with Crippen molar-refractivity contribution in [3.05, 3.63) is 23.2 Å². The highest BCUT2D eigenvalue weighted by atomic mass is 35.5. The van der Waals surface area contributed by atoms with Gasteiger partial charge in [0, 0.05) is 11.6 Å². The van der Waals surface area contributed by atoms with Crippen LogP contribution in [-0.2, 0) is 4.79 Å². The molecule has 0 atom stereocenters. The van der Waals surface area contributed by atoms with Crippen LogP contribution in [0, 0.1) is 5.41 Å². The number of nitrogens with two attached hydrogens (primary N) is 2. The van der Waals surface area contributed by atoms with Gasteiger partial charge in [-0.15, -0.1) is 0 Å². The van der Waals surface area contributed by atoms with Crippen LogP contribution in [0.3, 0.4) is 0 Å². The lowest BCUT2D eigenvalue weighted by molar-refractivity contribution is -0.125. The largest absolute Gasteiger partial charge is 0.397 e. The van der Waals surface area contributed by atoms with Crippen molar-refractivity contribution < 1.29 is 4.79 Å². The number of halogens is 1. The number of carbonyl (C=O) groups is 1. The summed E-state index contributed by atoms with van der Waals surface area (Å²) < 4.78 is 0. The van der Waals surface area contributed by atoms with Gasteiger partial charge >= 0.3 is 0 Å². The number of benzene rings is 1. The lowest BCUT2D eigenvalue weighted by atomic mass is 9.92. The molecule has 88 valence electrons. The molecule has 1 amide bonds. The van der Waals surface area contributed by atoms with Crippen molar-refractivity contribution in [1.29, 1.82) is 0 Å². The SMILES string of the molecule is CC(C)(CNc1cc(Cl)ccc1N)C(N)=O. The van der Waals surface area contributed by atoms with Crippen LogP contribution >= 0.6 is 11.6 Å². The second kappa shape index (κ2) is 4.61. The molecular formula is C11H16ClN3O. The topological polar surface area (TPSA) is 81.1 Å². The van der Waals surface area contributed by atoms with E-state index < -0.39 is 5.41 Å². The summed E-state index contributed by atoms with van der Waals surface area (Å²) in [6, 6.07) is 5.14. The average Bonchev–Trinajstić information content (AvgIpc) is 2.19. The predicted octanol–water partition coefficient (Wildman–Crippen LogP) is 1.85. The molecule has 0 aromatic heterocycles. The second-order valence-electron chi connectivity index (χ2n) is 4.33. The van der Waals surface area contributed by atoms with Gasteiger partial charge in [-0.05, 0) is 32.0 Å². The van der Waals surface area contributed by atoms with E-state index in [2.05, 4.69) is 5.32 Å². The lowest BCUT2D eigenvalue weighted by Gasteiger charge is -2.22. The van der Waals surface area contributed by atoms with Crippen molar-refractivity contribution in [2.24, 2.45) is 11.1 Å². The maximum Gasteiger partial charge on any atom is 0.224 e. The van der Waals surface area contributed by atoms with E-state index in [4.69, 9.17) is 23.1 Å². The minimum atomic E-state index is -0.630. The van der Waals surface area contributed by atoms with Crippen LogP contribution in [0.4, 0.5) is 11.4 Å². The first kappa shape index (κ1) is 12.6. The van der Waals surface area contributed by atoms with Gasteiger partial charge in [-0.3, -0.25) is 4.79 Å². The summed E-state index contributed by atoms with van der Waals surface area (Å²) in [6.45, 7) is 3.94. The van der Waals surface area contributed by atoms with E-state index in [-0.39, 0.29) is 5.91 Å². The minimum absolute atomic E-state index is 0.361. The number of carbonyl (C=O) groups excluding carboxylic acids is 1. The summed E-state index contributed by atoms with van der Waals surface area (Å²) in [7, 11) is 0. The van der Waals surface area contributed by atoms with E-state index in [1.807, 2.05) is 0 Å². The van der Waals surface area contributed by atoms with Crippen LogP contribution in [0.25, 0.3) is 0 Å². The molecule has 0 saturated carbocycles. The second-order valence-corrected chi connectivity index (χ2v) is 4.77. The minimum Gasteiger partial charge on any atom is -0.397 e. The summed E-state index contributed by atoms with van der Waals surface area (Å²) in [5.41, 5.74) is 11.7. The molecule has 0 fully saturated rings. The van der Waals surface area contributed by atoms with Crippen molar-refractivity contribution in [1.82, 2.24) is 0 Å². The molecule has 5 N–H and O–H groups in total. The summed E-state index contributed by atoms with van der Waals surface area (Å²) >= 11 is 5.84. The van der Waals surface area contributed by atoms with E-state index in [9.17, 15) is 4.79 Å². The molecule has 0 heterocycles. The van der Waals surface area contributed by atoms with E-state index in [0.717, 1.165) is 0 Å². The van der Waals surface area contributed by atoms with Gasteiger partial charge in [0.05, 0.1) is 16.8 Å². The fraction of sp³-hybridized carbons (Fsp3) is 0.364. The van der Waals surface area contributed by atoms with Gasteiger partial charge in [-0.25, -0.2) is 0 Å². The zero-order valence-corrected chi connectivity index (χ0v) is 10.1. The zero-order chi connectivity index (χ0) is 12.3. The maximum absolute atomic E-state index is 11.1. The van der Waals surface area contributed by atoms with Crippen molar-refractivity contribution in [3.63, 3.8) is 0 Å². The van der Waals surface area contributed by atoms with Gasteiger partial charge in [0.1, 0.15) is 0 Å². The molecule has 1 aromatic rings. The Morgan fingerprint density at radius 1 is 1.50 bits per heavy atom. The Morgan fingerprint density at radius 3 is 2.69 bits per heavy atom. The predicted molar refractivity (Wildman–Crippen MR) is 67.3 cm³/mol. The number of rotatable bonds is 4. The summed E-state index contributed by atoms with van der Waals surface area (Å²) in [4.78, 5) is 11.1. The molecule has 0 radical (unpaired) electrons. The standard InChI is InChI=1S/C11H16ClN3O/c1-11(2,10(14)16)6-15-9-5-7(12)3-4-8(9)13/h3-5,15H,6,13H2,1-2H3,(H2,14,16). The maximum atomic E-state index is 11.1. The van der Waals surface area contributed by atoms with Crippen LogP contribution in [0.1, 0.15) is 13.8 Å². The fourth-order valence-corrected chi connectivity index (χ4v) is 1.26. The molecule has 0 aliphatic heterocycles. The normalized spacial score (nSPS) is 11.2. The van der Waals surface area contributed by atoms with Crippen LogP contribution < -0.4 is 16.8 Å². The van der Waals surface area contributed by atoms with Crippen LogP contribution in [0.15, 0.2) is 18.2 Å². The van der Waals surface area contributed by atoms with E-state index in [1.165, 1.54) is 0 Å². The molecule has 5 heteroatoms. The molecule has 0 aliphatic rings. The average molecular weight is 242 g/mol. The van der Waals surface area contributed by atoms with Crippen molar-refractivity contribution in [3.8, 4) is 0 Å². The molecule has 16 heavy (non-hydrogen) atoms. The van der Waals surface area contributed by atoms with Crippen molar-refractivity contribution >= 4 is 28.9 Å². The highest BCUT2D eigenvalue weighted by Gasteiger charge is 2.24. The van der Waals surface area contributed by atoms with E-state index >= 15 is 0 Å². The van der Waals surface area contributed by atoms with E-state index in [1.54, 1.807) is 32.0 Å². The quantitative estimate of drug-likeness (QED) is 0.704. The van der Waals surface area contributed by atoms with Crippen LogP contribution in [0.5, 0.6) is 0 Å². The molecule has 0 spiro atoms. The third-order valence-corrected chi connectivity index (χ3v) is 2.64. The summed E-state index contributed by atoms with van der Waals surface area (Å²) in [5, 5.41) is 3.66. The Kier molecular flexibility index (Phi) is 3.65. The Labute approximate surface area is 100.0 Å². The van der Waals surface area contributed by atoms with Gasteiger partial charge < -0.3 is 16.8 Å². The monoisotopic (exact) mass is 241 g/mol. The Balaban J connectivity index is 2.75. The number of nitrogens with one attached hydrogen (secondary N) is 1. The molecule has 1 aromatic carbocycles. The van der Waals surface area contributed by atoms with E-state index in [0.29, 0.717) is 22.9 Å². The molecule has 1 rings (SSSR count). The zero-order valence-electron chi connectivity index (χ0n) is 9.38. The molecule has 0 aliphatic carbocycles. The van der Waals surface area contributed by atoms with Gasteiger partial charge in [-0.1, -0.05) is 11.6 Å². The fourth-order valence-electron chi connectivity index (χ4n) is 1.08. The van der Waals surface area contributed by atoms with Crippen LogP contribution in [-0.4, -0.2) is 12.5 Å². The van der Waals surface area contributed by atoms with Crippen molar-refractivity contribution in [2.75, 3.05) is 17.6 Å². The molecule has 0 unspecified atom stereocenters. The molecular weight excluding hydrogens is 226 g/mol. The number of nitrogen functional groups attached to an aromatic ring is 1. The lowest BCUT2D eigenvalue weighted by Crippen LogP contribution is -2.37. The van der Waals surface area contributed by atoms with Crippen LogP contribution in [0.2, 0.25) is 5.02 Å². The van der Waals surface area contributed by atoms with Gasteiger partial charge in [0.15, 0.2) is 0 Å². The van der Waals surface area contributed by atoms with Crippen molar-refractivity contribution in [2.45, 2.75) is 13.8 Å². The molecule has 4 nitrogen and oxygen atoms in total. The highest BCUT2D eigenvalue weighted by molar-refractivity contribution is 6.31. The highest BCUT2D eigenvalue weighted by Crippen LogP contribution is 2.24. The Hall–Kier alpha value is -1.42. The number of primary amides is 1. The summed E-state index contributed by atoms with van der Waals surface area (Å²) in [5.74, 6) is -0.361. The van der Waals surface area contributed by atoms with Gasteiger partial charge in [0.25, 0.3) is 0 Å². The molecule has 0 bridgehead atoms. The first-order valence-corrected chi connectivity index (χ1v) is 5.29. The third-order valence-electron chi connectivity index (χ3n) is 2.40. The van der Waals surface area contributed by atoms with Gasteiger partial charge in [0.2, 0.25) is 5.91 Å². The van der Waals surface area contributed by atoms with Gasteiger partial charge in [-0.2, -0.15) is 0 Å². The Bertz CT molecular complexity index is 404. The number of hydrogen-bond acceptors (Lipinski definition) is 3. The first-order chi connectivity index (χ1) is 7.33. The third kappa shape index (κ3) is 3.03. The number of hydrogen-bond donors (Lipinski definition) is 3. The smallest absolute Gasteiger partial charge is 0.224 e.